The van der Waals surface area contributed by atoms with E-state index in [1.165, 1.54) is 18.2 Å². The van der Waals surface area contributed by atoms with E-state index in [1.54, 1.807) is 12.1 Å². The maximum atomic E-state index is 12.5. The van der Waals surface area contributed by atoms with Crippen molar-refractivity contribution in [1.29, 1.82) is 0 Å². The lowest BCUT2D eigenvalue weighted by atomic mass is 10.3. The normalized spacial score (nSPS) is 12.1. The van der Waals surface area contributed by atoms with E-state index in [2.05, 4.69) is 18.8 Å². The first kappa shape index (κ1) is 20.0. The van der Waals surface area contributed by atoms with Crippen molar-refractivity contribution < 1.29 is 31.1 Å². The van der Waals surface area contributed by atoms with Gasteiger partial charge in [-0.2, -0.15) is 8.75 Å². The number of rotatable bonds is 6. The largest absolute Gasteiger partial charge is 0.573 e. The number of amides is 1. The van der Waals surface area contributed by atoms with Gasteiger partial charge in [0.2, 0.25) is 5.91 Å². The molecule has 0 saturated carbocycles. The van der Waals surface area contributed by atoms with Gasteiger partial charge >= 0.3 is 6.36 Å². The molecule has 0 atom stereocenters. The van der Waals surface area contributed by atoms with Gasteiger partial charge in [0, 0.05) is 12.1 Å². The maximum Gasteiger partial charge on any atom is 0.573 e. The standard InChI is InChI=1S/C16H12F3N3O4S2/c17-16(18,19)26-11-6-4-10(5-7-11)20-14(23)8-9-28(24,25)13-3-1-2-12-15(13)22-27-21-12/h1-7H,8-9H2,(H,20,23). The van der Waals surface area contributed by atoms with Crippen molar-refractivity contribution in [2.24, 2.45) is 0 Å². The average molecular weight is 431 g/mol. The fraction of sp³-hybridized carbons (Fsp3) is 0.188. The summed E-state index contributed by atoms with van der Waals surface area (Å²) >= 11 is 0.889. The second-order valence-electron chi connectivity index (χ2n) is 5.58. The van der Waals surface area contributed by atoms with Gasteiger partial charge in [-0.1, -0.05) is 6.07 Å². The lowest BCUT2D eigenvalue weighted by molar-refractivity contribution is -0.274. The first-order chi connectivity index (χ1) is 13.1. The van der Waals surface area contributed by atoms with Crippen molar-refractivity contribution in [3.05, 3.63) is 42.5 Å². The topological polar surface area (TPSA) is 98.2 Å². The molecule has 1 amide bonds. The summed E-state index contributed by atoms with van der Waals surface area (Å²) < 4.78 is 73.1. The molecule has 28 heavy (non-hydrogen) atoms. The second-order valence-corrected chi connectivity index (χ2v) is 8.18. The van der Waals surface area contributed by atoms with E-state index in [-0.39, 0.29) is 22.5 Å². The summed E-state index contributed by atoms with van der Waals surface area (Å²) in [5, 5.41) is 2.42. The molecule has 0 unspecified atom stereocenters. The molecule has 148 valence electrons. The van der Waals surface area contributed by atoms with Crippen LogP contribution in [-0.4, -0.2) is 35.2 Å². The number of nitrogens with one attached hydrogen (secondary N) is 1. The first-order valence-corrected chi connectivity index (χ1v) is 10.1. The van der Waals surface area contributed by atoms with Crippen LogP contribution in [0.15, 0.2) is 47.4 Å². The Morgan fingerprint density at radius 3 is 2.50 bits per heavy atom. The lowest BCUT2D eigenvalue weighted by Crippen LogP contribution is -2.18. The number of anilines is 1. The number of aromatic nitrogens is 2. The van der Waals surface area contributed by atoms with Crippen LogP contribution < -0.4 is 10.1 Å². The summed E-state index contributed by atoms with van der Waals surface area (Å²) in [5.74, 6) is -1.49. The quantitative estimate of drug-likeness (QED) is 0.643. The minimum atomic E-state index is -4.81. The Hall–Kier alpha value is -2.73. The molecule has 3 aromatic rings. The number of benzene rings is 2. The average Bonchev–Trinajstić information content (AvgIpc) is 3.09. The molecule has 2 aromatic carbocycles. The van der Waals surface area contributed by atoms with Gasteiger partial charge in [0.15, 0.2) is 9.84 Å². The third-order valence-corrected chi connectivity index (χ3v) is 5.84. The van der Waals surface area contributed by atoms with E-state index in [0.29, 0.717) is 5.52 Å². The molecule has 7 nitrogen and oxygen atoms in total. The molecule has 1 N–H and O–H groups in total. The van der Waals surface area contributed by atoms with Crippen molar-refractivity contribution in [1.82, 2.24) is 8.75 Å². The molecule has 1 heterocycles. The van der Waals surface area contributed by atoms with Crippen LogP contribution in [0.25, 0.3) is 11.0 Å². The number of ether oxygens (including phenoxy) is 1. The SMILES string of the molecule is O=C(CCS(=O)(=O)c1cccc2nsnc12)Nc1ccc(OC(F)(F)F)cc1. The highest BCUT2D eigenvalue weighted by Crippen LogP contribution is 2.25. The molecule has 0 fully saturated rings. The van der Waals surface area contributed by atoms with Crippen LogP contribution in [0.3, 0.4) is 0 Å². The number of hydrogen-bond acceptors (Lipinski definition) is 7. The van der Waals surface area contributed by atoms with Crippen LogP contribution in [0.1, 0.15) is 6.42 Å². The Morgan fingerprint density at radius 2 is 1.82 bits per heavy atom. The van der Waals surface area contributed by atoms with Gasteiger partial charge in [-0.15, -0.1) is 13.2 Å². The predicted octanol–water partition coefficient (Wildman–Crippen LogP) is 3.39. The molecule has 0 saturated heterocycles. The fourth-order valence-electron chi connectivity index (χ4n) is 2.33. The molecule has 1 aromatic heterocycles. The number of halogens is 3. The molecule has 0 aliphatic carbocycles. The van der Waals surface area contributed by atoms with Crippen LogP contribution in [0.5, 0.6) is 5.75 Å². The smallest absolute Gasteiger partial charge is 0.406 e. The third-order valence-electron chi connectivity index (χ3n) is 3.55. The van der Waals surface area contributed by atoms with E-state index in [0.717, 1.165) is 23.9 Å². The Labute approximate surface area is 161 Å². The first-order valence-electron chi connectivity index (χ1n) is 7.74. The summed E-state index contributed by atoms with van der Waals surface area (Å²) in [5.41, 5.74) is 0.924. The van der Waals surface area contributed by atoms with Gasteiger partial charge in [-0.05, 0) is 36.4 Å². The molecule has 0 radical (unpaired) electrons. The van der Waals surface area contributed by atoms with E-state index >= 15 is 0 Å². The number of nitrogens with zero attached hydrogens (tertiary/aromatic N) is 2. The van der Waals surface area contributed by atoms with Gasteiger partial charge < -0.3 is 10.1 Å². The third kappa shape index (κ3) is 4.95. The lowest BCUT2D eigenvalue weighted by Gasteiger charge is -2.10. The van der Waals surface area contributed by atoms with Crippen LogP contribution >= 0.6 is 11.7 Å². The monoisotopic (exact) mass is 431 g/mol. The number of alkyl halides is 3. The van der Waals surface area contributed by atoms with Crippen molar-refractivity contribution in [2.45, 2.75) is 17.7 Å². The minimum Gasteiger partial charge on any atom is -0.406 e. The molecule has 0 spiro atoms. The molecule has 0 aliphatic rings. The van der Waals surface area contributed by atoms with Gasteiger partial charge in [-0.25, -0.2) is 8.42 Å². The number of sulfone groups is 1. The van der Waals surface area contributed by atoms with Gasteiger partial charge in [-0.3, -0.25) is 4.79 Å². The molecule has 0 aliphatic heterocycles. The van der Waals surface area contributed by atoms with E-state index in [9.17, 15) is 26.4 Å². The van der Waals surface area contributed by atoms with Gasteiger partial charge in [0.1, 0.15) is 16.8 Å². The number of hydrogen-bond donors (Lipinski definition) is 1. The Kier molecular flexibility index (Phi) is 5.52. The van der Waals surface area contributed by atoms with E-state index in [4.69, 9.17) is 0 Å². The number of carbonyl (C=O) groups is 1. The van der Waals surface area contributed by atoms with Crippen LogP contribution in [-0.2, 0) is 14.6 Å². The van der Waals surface area contributed by atoms with Gasteiger partial charge in [0.05, 0.1) is 22.4 Å². The van der Waals surface area contributed by atoms with Crippen molar-refractivity contribution in [3.63, 3.8) is 0 Å². The van der Waals surface area contributed by atoms with Gasteiger partial charge in [0.25, 0.3) is 0 Å². The molecule has 12 heteroatoms. The predicted molar refractivity (Wildman–Crippen MR) is 95.8 cm³/mol. The number of fused-ring (bicyclic) bond motifs is 1. The summed E-state index contributed by atoms with van der Waals surface area (Å²) in [6, 6.07) is 9.09. The zero-order valence-corrected chi connectivity index (χ0v) is 15.6. The highest BCUT2D eigenvalue weighted by Gasteiger charge is 2.31. The summed E-state index contributed by atoms with van der Waals surface area (Å²) in [6.45, 7) is 0. The van der Waals surface area contributed by atoms with E-state index < -0.39 is 33.6 Å². The minimum absolute atomic E-state index is 0.000187. The fourth-order valence-corrected chi connectivity index (χ4v) is 4.34. The molecule has 3 rings (SSSR count). The number of carbonyl (C=O) groups excluding carboxylic acids is 1. The van der Waals surface area contributed by atoms with Crippen molar-refractivity contribution in [3.8, 4) is 5.75 Å². The van der Waals surface area contributed by atoms with Crippen molar-refractivity contribution >= 4 is 44.2 Å². The summed E-state index contributed by atoms with van der Waals surface area (Å²) in [4.78, 5) is 12.0. The highest BCUT2D eigenvalue weighted by atomic mass is 32.2. The molecule has 0 bridgehead atoms. The summed E-state index contributed by atoms with van der Waals surface area (Å²) in [6.07, 6.45) is -5.15. The molecular weight excluding hydrogens is 419 g/mol. The zero-order valence-electron chi connectivity index (χ0n) is 13.9. The maximum absolute atomic E-state index is 12.5. The Morgan fingerprint density at radius 1 is 1.11 bits per heavy atom. The van der Waals surface area contributed by atoms with Crippen LogP contribution in [0, 0.1) is 0 Å². The Bertz CT molecular complexity index is 1100. The van der Waals surface area contributed by atoms with Crippen LogP contribution in [0.4, 0.5) is 18.9 Å². The highest BCUT2D eigenvalue weighted by molar-refractivity contribution is 7.91. The summed E-state index contributed by atoms with van der Waals surface area (Å²) in [7, 11) is -3.77. The molecular formula is C16H12F3N3O4S2. The Balaban J connectivity index is 1.61. The van der Waals surface area contributed by atoms with E-state index in [1.807, 2.05) is 0 Å². The zero-order chi connectivity index (χ0) is 20.4. The van der Waals surface area contributed by atoms with Crippen LogP contribution in [0.2, 0.25) is 0 Å². The van der Waals surface area contributed by atoms with Crippen molar-refractivity contribution in [2.75, 3.05) is 11.1 Å². The second kappa shape index (κ2) is 7.72.